The number of fused-ring (bicyclic) bond motifs is 5. The van der Waals surface area contributed by atoms with Gasteiger partial charge in [0.25, 0.3) is 0 Å². The van der Waals surface area contributed by atoms with Crippen LogP contribution in [-0.2, 0) is 14.3 Å². The molecule has 9 heteroatoms. The van der Waals surface area contributed by atoms with Gasteiger partial charge in [-0.05, 0) is 85.7 Å². The fourth-order valence-corrected chi connectivity index (χ4v) is 10.2. The number of aliphatic hydroxyl groups is 1. The summed E-state index contributed by atoms with van der Waals surface area (Å²) >= 11 is 0. The van der Waals surface area contributed by atoms with Crippen LogP contribution in [0.4, 0.5) is 4.79 Å². The molecule has 2 heterocycles. The normalized spacial score (nSPS) is 44.7. The number of amides is 1. The van der Waals surface area contributed by atoms with Crippen LogP contribution in [0.2, 0.25) is 0 Å². The summed E-state index contributed by atoms with van der Waals surface area (Å²) in [6, 6.07) is 3.16. The predicted octanol–water partition coefficient (Wildman–Crippen LogP) is 4.42. The lowest BCUT2D eigenvalue weighted by atomic mass is 9.42. The minimum Gasteiger partial charge on any atom is -0.465 e. The lowest BCUT2D eigenvalue weighted by Gasteiger charge is -2.64. The summed E-state index contributed by atoms with van der Waals surface area (Å²) in [6.07, 6.45) is 7.29. The van der Waals surface area contributed by atoms with E-state index in [9.17, 15) is 24.6 Å². The topological polar surface area (TPSA) is 127 Å². The number of rotatable bonds is 3. The van der Waals surface area contributed by atoms with Crippen LogP contribution in [0, 0.1) is 34.5 Å². The number of hydrogen-bond acceptors (Lipinski definition) is 7. The van der Waals surface area contributed by atoms with Crippen molar-refractivity contribution in [3.05, 3.63) is 34.4 Å². The average molecular weight is 558 g/mol. The highest BCUT2D eigenvalue weighted by Gasteiger charge is 2.70. The molecule has 1 aromatic rings. The molecule has 4 saturated carbocycles. The van der Waals surface area contributed by atoms with E-state index in [0.29, 0.717) is 43.9 Å². The summed E-state index contributed by atoms with van der Waals surface area (Å²) in [5.74, 6) is 0.693. The molecule has 6 rings (SSSR count). The van der Waals surface area contributed by atoms with Gasteiger partial charge in [0.05, 0.1) is 31.1 Å². The molecule has 0 aromatic carbocycles. The SMILES string of the molecule is CC(=O)O[C@H]1C[C@]2(O)[C@@H]3CC[C@@H]4C[C@@H](C5CN(C(=O)O)CCO5)CC[C@]4(C)[C@H]3CC[C@]2(C)[C@H]1c1ccc(=O)oc1. The second-order valence-electron chi connectivity index (χ2n) is 13.8. The summed E-state index contributed by atoms with van der Waals surface area (Å²) in [7, 11) is 0. The minimum absolute atomic E-state index is 0.0445. The molecule has 5 aliphatic rings. The number of ether oxygens (including phenoxy) is 2. The summed E-state index contributed by atoms with van der Waals surface area (Å²) in [5, 5.41) is 22.2. The summed E-state index contributed by atoms with van der Waals surface area (Å²) in [4.78, 5) is 36.9. The average Bonchev–Trinajstić information content (AvgIpc) is 3.14. The molecule has 40 heavy (non-hydrogen) atoms. The van der Waals surface area contributed by atoms with E-state index in [4.69, 9.17) is 13.9 Å². The molecule has 1 aromatic heterocycles. The Balaban J connectivity index is 1.26. The maximum atomic E-state index is 12.7. The van der Waals surface area contributed by atoms with E-state index in [1.165, 1.54) is 24.2 Å². The van der Waals surface area contributed by atoms with Crippen LogP contribution in [0.3, 0.4) is 0 Å². The minimum atomic E-state index is -1.00. The highest BCUT2D eigenvalue weighted by molar-refractivity contribution is 5.66. The Morgan fingerprint density at radius 3 is 2.60 bits per heavy atom. The van der Waals surface area contributed by atoms with Crippen molar-refractivity contribution < 1.29 is 33.7 Å². The first-order chi connectivity index (χ1) is 19.0. The maximum Gasteiger partial charge on any atom is 0.407 e. The molecule has 5 fully saturated rings. The molecule has 10 atom stereocenters. The van der Waals surface area contributed by atoms with E-state index in [2.05, 4.69) is 13.8 Å². The molecule has 220 valence electrons. The number of esters is 1. The number of morpholine rings is 1. The second-order valence-corrected chi connectivity index (χ2v) is 13.8. The van der Waals surface area contributed by atoms with Gasteiger partial charge < -0.3 is 29.0 Å². The number of nitrogens with zero attached hydrogens (tertiary/aromatic N) is 1. The molecule has 0 bridgehead atoms. The standard InChI is InChI=1S/C31H43NO8/c1-18(33)40-24-15-31(37)23-6-5-21-14-19(25-16-32(28(35)36)12-13-38-25)8-10-29(21,2)22(23)9-11-30(31,3)27(24)20-4-7-26(34)39-17-20/h4,7,17,19,21-25,27,37H,5-6,8-16H2,1-3H3,(H,35,36)/t19-,21+,22-,23+,24-,25?,27-,29-,30+,31-/m0/s1. The second kappa shape index (κ2) is 9.86. The number of hydrogen-bond donors (Lipinski definition) is 2. The van der Waals surface area contributed by atoms with Gasteiger partial charge in [-0.3, -0.25) is 4.79 Å². The smallest absolute Gasteiger partial charge is 0.407 e. The molecule has 9 nitrogen and oxygen atoms in total. The lowest BCUT2D eigenvalue weighted by Crippen LogP contribution is -2.62. The molecular weight excluding hydrogens is 514 g/mol. The van der Waals surface area contributed by atoms with Crippen LogP contribution in [0.25, 0.3) is 0 Å². The molecular formula is C31H43NO8. The first-order valence-electron chi connectivity index (χ1n) is 15.0. The molecule has 0 radical (unpaired) electrons. The van der Waals surface area contributed by atoms with Crippen molar-refractivity contribution in [1.29, 1.82) is 0 Å². The zero-order valence-electron chi connectivity index (χ0n) is 23.8. The largest absolute Gasteiger partial charge is 0.465 e. The van der Waals surface area contributed by atoms with Crippen LogP contribution >= 0.6 is 0 Å². The zero-order valence-corrected chi connectivity index (χ0v) is 23.8. The van der Waals surface area contributed by atoms with Crippen molar-refractivity contribution >= 4 is 12.1 Å². The van der Waals surface area contributed by atoms with Gasteiger partial charge in [0, 0.05) is 37.3 Å². The summed E-state index contributed by atoms with van der Waals surface area (Å²) in [5.41, 5.74) is -1.07. The molecule has 4 aliphatic carbocycles. The van der Waals surface area contributed by atoms with Gasteiger partial charge in [-0.2, -0.15) is 0 Å². The highest BCUT2D eigenvalue weighted by Crippen LogP contribution is 2.71. The number of carboxylic acid groups (broad SMARTS) is 1. The number of carbonyl (C=O) groups excluding carboxylic acids is 1. The first-order valence-corrected chi connectivity index (χ1v) is 15.0. The van der Waals surface area contributed by atoms with Gasteiger partial charge >= 0.3 is 17.7 Å². The van der Waals surface area contributed by atoms with E-state index in [1.807, 2.05) is 0 Å². The Hall–Kier alpha value is -2.39. The van der Waals surface area contributed by atoms with Crippen molar-refractivity contribution in [1.82, 2.24) is 4.90 Å². The van der Waals surface area contributed by atoms with Crippen molar-refractivity contribution in [3.63, 3.8) is 0 Å². The summed E-state index contributed by atoms with van der Waals surface area (Å²) < 4.78 is 17.2. The van der Waals surface area contributed by atoms with E-state index >= 15 is 0 Å². The lowest BCUT2D eigenvalue weighted by molar-refractivity contribution is -0.207. The van der Waals surface area contributed by atoms with Gasteiger partial charge in [-0.1, -0.05) is 13.8 Å². The molecule has 2 N–H and O–H groups in total. The predicted molar refractivity (Wildman–Crippen MR) is 145 cm³/mol. The van der Waals surface area contributed by atoms with Gasteiger partial charge in [-0.25, -0.2) is 9.59 Å². The Kier molecular flexibility index (Phi) is 6.85. The van der Waals surface area contributed by atoms with Crippen LogP contribution < -0.4 is 5.63 Å². The molecule has 1 amide bonds. The number of carbonyl (C=O) groups is 2. The molecule has 1 unspecified atom stereocenters. The van der Waals surface area contributed by atoms with E-state index in [1.54, 1.807) is 6.07 Å². The molecule has 0 spiro atoms. The van der Waals surface area contributed by atoms with Crippen LogP contribution in [-0.4, -0.2) is 64.7 Å². The summed E-state index contributed by atoms with van der Waals surface area (Å²) in [6.45, 7) is 7.32. The van der Waals surface area contributed by atoms with E-state index in [-0.39, 0.29) is 29.3 Å². The van der Waals surface area contributed by atoms with Crippen LogP contribution in [0.15, 0.2) is 27.6 Å². The van der Waals surface area contributed by atoms with Gasteiger partial charge in [0.2, 0.25) is 0 Å². The fraction of sp³-hybridized carbons (Fsp3) is 0.774. The monoisotopic (exact) mass is 557 g/mol. The highest BCUT2D eigenvalue weighted by atomic mass is 16.5. The van der Waals surface area contributed by atoms with Crippen LogP contribution in [0.1, 0.15) is 83.6 Å². The first kappa shape index (κ1) is 27.8. The Labute approximate surface area is 235 Å². The van der Waals surface area contributed by atoms with E-state index in [0.717, 1.165) is 50.5 Å². The third kappa shape index (κ3) is 4.21. The van der Waals surface area contributed by atoms with Crippen LogP contribution in [0.5, 0.6) is 0 Å². The fourth-order valence-electron chi connectivity index (χ4n) is 10.2. The Morgan fingerprint density at radius 2 is 1.90 bits per heavy atom. The maximum absolute atomic E-state index is 12.7. The van der Waals surface area contributed by atoms with Gasteiger partial charge in [0.15, 0.2) is 0 Å². The molecule has 1 saturated heterocycles. The van der Waals surface area contributed by atoms with E-state index < -0.39 is 28.8 Å². The van der Waals surface area contributed by atoms with Crippen molar-refractivity contribution in [2.24, 2.45) is 34.5 Å². The Bertz CT molecular complexity index is 1200. The zero-order chi connectivity index (χ0) is 28.4. The molecule has 1 aliphatic heterocycles. The van der Waals surface area contributed by atoms with Crippen molar-refractivity contribution in [2.75, 3.05) is 19.7 Å². The Morgan fingerprint density at radius 1 is 1.10 bits per heavy atom. The third-order valence-electron chi connectivity index (χ3n) is 12.2. The van der Waals surface area contributed by atoms with Gasteiger partial charge in [-0.15, -0.1) is 0 Å². The van der Waals surface area contributed by atoms with Gasteiger partial charge in [0.1, 0.15) is 6.10 Å². The van der Waals surface area contributed by atoms with Crippen molar-refractivity contribution in [3.8, 4) is 0 Å². The third-order valence-corrected chi connectivity index (χ3v) is 12.2. The quantitative estimate of drug-likeness (QED) is 0.523. The van der Waals surface area contributed by atoms with Crippen molar-refractivity contribution in [2.45, 2.75) is 95.9 Å².